The highest BCUT2D eigenvalue weighted by Crippen LogP contribution is 2.25. The average Bonchev–Trinajstić information content (AvgIpc) is 3.25. The Hall–Kier alpha value is -2.54. The highest BCUT2D eigenvalue weighted by atomic mass is 16.6. The van der Waals surface area contributed by atoms with Gasteiger partial charge in [-0.3, -0.25) is 14.5 Å². The molecule has 4 rings (SSSR count). The van der Waals surface area contributed by atoms with Crippen LogP contribution in [0, 0.1) is 5.92 Å². The number of allylic oxidation sites excluding steroid dienone is 1. The third-order valence-corrected chi connectivity index (χ3v) is 6.73. The van der Waals surface area contributed by atoms with Gasteiger partial charge in [-0.15, -0.1) is 0 Å². The van der Waals surface area contributed by atoms with Crippen molar-refractivity contribution in [3.05, 3.63) is 47.4 Å². The van der Waals surface area contributed by atoms with Gasteiger partial charge in [-0.25, -0.2) is 0 Å². The summed E-state index contributed by atoms with van der Waals surface area (Å²) < 4.78 is 11.0. The second-order valence-electron chi connectivity index (χ2n) is 9.13. The molecule has 7 heteroatoms. The number of carbonyl (C=O) groups is 2. The molecule has 0 aromatic heterocycles. The maximum atomic E-state index is 12.7. The zero-order valence-electron chi connectivity index (χ0n) is 19.1. The molecule has 32 heavy (non-hydrogen) atoms. The average molecular weight is 442 g/mol. The van der Waals surface area contributed by atoms with E-state index < -0.39 is 0 Å². The van der Waals surface area contributed by atoms with Gasteiger partial charge in [0.15, 0.2) is 0 Å². The van der Waals surface area contributed by atoms with E-state index in [1.54, 1.807) is 6.92 Å². The number of piperidine rings is 1. The summed E-state index contributed by atoms with van der Waals surface area (Å²) in [6, 6.07) is 10.7. The van der Waals surface area contributed by atoms with E-state index in [1.807, 2.05) is 11.0 Å². The van der Waals surface area contributed by atoms with E-state index in [2.05, 4.69) is 34.5 Å². The third-order valence-electron chi connectivity index (χ3n) is 6.73. The van der Waals surface area contributed by atoms with E-state index in [4.69, 9.17) is 9.47 Å². The van der Waals surface area contributed by atoms with Crippen LogP contribution in [-0.2, 0) is 25.6 Å². The van der Waals surface area contributed by atoms with Gasteiger partial charge in [0.1, 0.15) is 19.0 Å². The van der Waals surface area contributed by atoms with Crippen molar-refractivity contribution >= 4 is 11.8 Å². The van der Waals surface area contributed by atoms with Gasteiger partial charge in [0, 0.05) is 45.2 Å². The molecule has 2 saturated heterocycles. The van der Waals surface area contributed by atoms with Crippen LogP contribution in [0.15, 0.2) is 41.9 Å². The molecule has 2 amide bonds. The van der Waals surface area contributed by atoms with Crippen molar-refractivity contribution < 1.29 is 19.1 Å². The van der Waals surface area contributed by atoms with Crippen molar-refractivity contribution in [2.24, 2.45) is 5.92 Å². The summed E-state index contributed by atoms with van der Waals surface area (Å²) in [7, 11) is 0. The fraction of sp³-hybridized carbons (Fsp3) is 0.600. The number of hydrogen-bond donors (Lipinski definition) is 1. The van der Waals surface area contributed by atoms with Crippen molar-refractivity contribution in [3.8, 4) is 0 Å². The molecule has 3 aliphatic heterocycles. The summed E-state index contributed by atoms with van der Waals surface area (Å²) in [6.07, 6.45) is 4.33. The van der Waals surface area contributed by atoms with Gasteiger partial charge < -0.3 is 19.7 Å². The minimum atomic E-state index is -0.0697. The van der Waals surface area contributed by atoms with Crippen LogP contribution < -0.4 is 5.32 Å². The van der Waals surface area contributed by atoms with Gasteiger partial charge >= 0.3 is 0 Å². The molecule has 0 saturated carbocycles. The molecule has 1 aromatic carbocycles. The monoisotopic (exact) mass is 441 g/mol. The molecule has 1 N–H and O–H groups in total. The first-order valence-electron chi connectivity index (χ1n) is 11.9. The third kappa shape index (κ3) is 6.03. The lowest BCUT2D eigenvalue weighted by Crippen LogP contribution is -2.41. The Bertz CT molecular complexity index is 818. The van der Waals surface area contributed by atoms with Crippen LogP contribution in [0.2, 0.25) is 0 Å². The zero-order chi connectivity index (χ0) is 22.3. The van der Waals surface area contributed by atoms with Gasteiger partial charge in [0.25, 0.3) is 5.91 Å². The second kappa shape index (κ2) is 10.9. The van der Waals surface area contributed by atoms with Crippen molar-refractivity contribution in [2.75, 3.05) is 39.4 Å². The largest absolute Gasteiger partial charge is 0.491 e. The molecular formula is C25H35N3O4. The molecule has 3 aliphatic rings. The molecule has 3 heterocycles. The van der Waals surface area contributed by atoms with E-state index in [0.717, 1.165) is 45.3 Å². The fourth-order valence-electron chi connectivity index (χ4n) is 4.86. The standard InChI is InChI=1S/C25H35N3O4/c1-19-24(32-16-15-31-19)25(30)28-13-9-20(10-14-28)7-8-23(29)26-22-11-12-27(18-22)17-21-5-3-2-4-6-21/h2-6,20,22H,7-18H2,1H3,(H,26,29)/t22-/m1/s1. The van der Waals surface area contributed by atoms with Crippen LogP contribution in [0.4, 0.5) is 0 Å². The summed E-state index contributed by atoms with van der Waals surface area (Å²) in [6.45, 7) is 7.01. The first-order chi connectivity index (χ1) is 15.6. The van der Waals surface area contributed by atoms with Crippen LogP contribution in [0.5, 0.6) is 0 Å². The predicted molar refractivity (Wildman–Crippen MR) is 121 cm³/mol. The van der Waals surface area contributed by atoms with Crippen molar-refractivity contribution in [2.45, 2.75) is 51.6 Å². The van der Waals surface area contributed by atoms with Gasteiger partial charge in [-0.2, -0.15) is 0 Å². The summed E-state index contributed by atoms with van der Waals surface area (Å²) in [5, 5.41) is 3.23. The topological polar surface area (TPSA) is 71.1 Å². The maximum Gasteiger partial charge on any atom is 0.292 e. The van der Waals surface area contributed by atoms with Gasteiger partial charge in [0.05, 0.1) is 0 Å². The Morgan fingerprint density at radius 1 is 1.03 bits per heavy atom. The number of amides is 2. The second-order valence-corrected chi connectivity index (χ2v) is 9.13. The van der Waals surface area contributed by atoms with Gasteiger partial charge in [-0.1, -0.05) is 30.3 Å². The molecule has 0 radical (unpaired) electrons. The van der Waals surface area contributed by atoms with Crippen molar-refractivity contribution in [3.63, 3.8) is 0 Å². The number of nitrogens with zero attached hydrogens (tertiary/aromatic N) is 2. The van der Waals surface area contributed by atoms with Crippen LogP contribution in [0.1, 0.15) is 44.6 Å². The molecule has 0 spiro atoms. The highest BCUT2D eigenvalue weighted by molar-refractivity contribution is 5.92. The normalized spacial score (nSPS) is 22.4. The van der Waals surface area contributed by atoms with E-state index in [1.165, 1.54) is 5.56 Å². The number of hydrogen-bond acceptors (Lipinski definition) is 5. The minimum Gasteiger partial charge on any atom is -0.491 e. The Morgan fingerprint density at radius 3 is 2.53 bits per heavy atom. The van der Waals surface area contributed by atoms with Crippen molar-refractivity contribution in [1.29, 1.82) is 0 Å². The van der Waals surface area contributed by atoms with E-state index in [0.29, 0.717) is 50.2 Å². The molecular weight excluding hydrogens is 406 g/mol. The predicted octanol–water partition coefficient (Wildman–Crippen LogP) is 2.67. The molecule has 1 aromatic rings. The zero-order valence-corrected chi connectivity index (χ0v) is 19.1. The lowest BCUT2D eigenvalue weighted by atomic mass is 9.92. The van der Waals surface area contributed by atoms with Crippen LogP contribution in [-0.4, -0.2) is 67.0 Å². The minimum absolute atomic E-state index is 0.0697. The summed E-state index contributed by atoms with van der Waals surface area (Å²) in [4.78, 5) is 29.4. The number of carbonyl (C=O) groups excluding carboxylic acids is 2. The number of ether oxygens (including phenoxy) is 2. The smallest absolute Gasteiger partial charge is 0.292 e. The number of rotatable bonds is 7. The Morgan fingerprint density at radius 2 is 1.78 bits per heavy atom. The first kappa shape index (κ1) is 22.6. The molecule has 0 unspecified atom stereocenters. The lowest BCUT2D eigenvalue weighted by molar-refractivity contribution is -0.134. The van der Waals surface area contributed by atoms with Crippen LogP contribution >= 0.6 is 0 Å². The van der Waals surface area contributed by atoms with Crippen molar-refractivity contribution in [1.82, 2.24) is 15.1 Å². The number of benzene rings is 1. The summed E-state index contributed by atoms with van der Waals surface area (Å²) in [5.74, 6) is 1.51. The summed E-state index contributed by atoms with van der Waals surface area (Å²) >= 11 is 0. The van der Waals surface area contributed by atoms with Gasteiger partial charge in [0.2, 0.25) is 11.7 Å². The van der Waals surface area contributed by atoms with E-state index >= 15 is 0 Å². The molecule has 0 bridgehead atoms. The van der Waals surface area contributed by atoms with E-state index in [-0.39, 0.29) is 17.9 Å². The number of likely N-dealkylation sites (tertiary alicyclic amines) is 2. The molecule has 0 aliphatic carbocycles. The van der Waals surface area contributed by atoms with Crippen LogP contribution in [0.25, 0.3) is 0 Å². The molecule has 1 atom stereocenters. The Labute approximate surface area is 190 Å². The molecule has 2 fully saturated rings. The van der Waals surface area contributed by atoms with Gasteiger partial charge in [-0.05, 0) is 44.1 Å². The lowest BCUT2D eigenvalue weighted by Gasteiger charge is -2.33. The van der Waals surface area contributed by atoms with Crippen LogP contribution in [0.3, 0.4) is 0 Å². The first-order valence-corrected chi connectivity index (χ1v) is 11.9. The Balaban J connectivity index is 1.13. The molecule has 174 valence electrons. The molecule has 7 nitrogen and oxygen atoms in total. The highest BCUT2D eigenvalue weighted by Gasteiger charge is 2.29. The SMILES string of the molecule is CC1=C(C(=O)N2CCC(CCC(=O)N[C@@H]3CCN(Cc4ccccc4)C3)CC2)OCCO1. The maximum absolute atomic E-state index is 12.7. The fourth-order valence-corrected chi connectivity index (χ4v) is 4.86. The number of nitrogens with one attached hydrogen (secondary N) is 1. The summed E-state index contributed by atoms with van der Waals surface area (Å²) in [5.41, 5.74) is 1.32. The van der Waals surface area contributed by atoms with E-state index in [9.17, 15) is 9.59 Å². The quantitative estimate of drug-likeness (QED) is 0.705. The Kier molecular flexibility index (Phi) is 7.68.